The Bertz CT molecular complexity index is 747. The molecular formula is C16H11NO3. The summed E-state index contributed by atoms with van der Waals surface area (Å²) in [6.07, 6.45) is 0. The van der Waals surface area contributed by atoms with Gasteiger partial charge in [0, 0.05) is 11.6 Å². The molecule has 98 valence electrons. The van der Waals surface area contributed by atoms with Crippen LogP contribution in [0.25, 0.3) is 22.5 Å². The number of nitrogens with zero attached hydrogens (tertiary/aromatic N) is 1. The van der Waals surface area contributed by atoms with Crippen LogP contribution in [0, 0.1) is 0 Å². The molecule has 2 aromatic carbocycles. The van der Waals surface area contributed by atoms with E-state index in [0.717, 1.165) is 16.7 Å². The molecular weight excluding hydrogens is 254 g/mol. The van der Waals surface area contributed by atoms with Gasteiger partial charge in [0.1, 0.15) is 0 Å². The summed E-state index contributed by atoms with van der Waals surface area (Å²) in [5.74, 6) is -0.654. The molecule has 0 atom stereocenters. The number of carboxylic acid groups (broad SMARTS) is 1. The summed E-state index contributed by atoms with van der Waals surface area (Å²) in [6.45, 7) is 0. The first kappa shape index (κ1) is 12.2. The van der Waals surface area contributed by atoms with Crippen LogP contribution in [0.5, 0.6) is 0 Å². The van der Waals surface area contributed by atoms with Gasteiger partial charge in [0.15, 0.2) is 11.5 Å². The Labute approximate surface area is 115 Å². The summed E-state index contributed by atoms with van der Waals surface area (Å²) in [4.78, 5) is 10.9. The van der Waals surface area contributed by atoms with Gasteiger partial charge in [-0.05, 0) is 11.1 Å². The number of aromatic carboxylic acids is 1. The van der Waals surface area contributed by atoms with Crippen LogP contribution in [0.4, 0.5) is 0 Å². The second-order valence-corrected chi connectivity index (χ2v) is 4.29. The topological polar surface area (TPSA) is 63.3 Å². The molecule has 1 N–H and O–H groups in total. The van der Waals surface area contributed by atoms with Crippen LogP contribution in [0.15, 0.2) is 65.2 Å². The van der Waals surface area contributed by atoms with E-state index in [-0.39, 0.29) is 5.69 Å². The van der Waals surface area contributed by atoms with E-state index >= 15 is 0 Å². The lowest BCUT2D eigenvalue weighted by molar-refractivity contribution is 0.0686. The number of hydrogen-bond acceptors (Lipinski definition) is 3. The third kappa shape index (κ3) is 2.19. The van der Waals surface area contributed by atoms with Crippen molar-refractivity contribution in [2.24, 2.45) is 0 Å². The van der Waals surface area contributed by atoms with E-state index in [4.69, 9.17) is 9.63 Å². The van der Waals surface area contributed by atoms with E-state index in [0.29, 0.717) is 5.76 Å². The van der Waals surface area contributed by atoms with Crippen LogP contribution in [0.3, 0.4) is 0 Å². The minimum Gasteiger partial charge on any atom is -0.476 e. The second kappa shape index (κ2) is 5.01. The van der Waals surface area contributed by atoms with Crippen molar-refractivity contribution in [2.45, 2.75) is 0 Å². The van der Waals surface area contributed by atoms with E-state index in [1.165, 1.54) is 6.07 Å². The highest BCUT2D eigenvalue weighted by Crippen LogP contribution is 2.32. The monoisotopic (exact) mass is 265 g/mol. The molecule has 0 radical (unpaired) electrons. The van der Waals surface area contributed by atoms with Gasteiger partial charge in [0.2, 0.25) is 0 Å². The lowest BCUT2D eigenvalue weighted by Gasteiger charge is -2.06. The van der Waals surface area contributed by atoms with Crippen LogP contribution in [-0.4, -0.2) is 16.2 Å². The standard InChI is InChI=1S/C16H11NO3/c18-16(19)14-10-15(20-17-14)13-9-5-4-8-12(13)11-6-2-1-3-7-11/h1-10H,(H,18,19). The molecule has 3 rings (SSSR count). The normalized spacial score (nSPS) is 10.4. The fourth-order valence-corrected chi connectivity index (χ4v) is 2.07. The molecule has 0 bridgehead atoms. The number of rotatable bonds is 3. The predicted octanol–water partition coefficient (Wildman–Crippen LogP) is 3.71. The van der Waals surface area contributed by atoms with Crippen LogP contribution in [-0.2, 0) is 0 Å². The number of carbonyl (C=O) groups is 1. The van der Waals surface area contributed by atoms with Gasteiger partial charge in [-0.15, -0.1) is 0 Å². The second-order valence-electron chi connectivity index (χ2n) is 4.29. The highest BCUT2D eigenvalue weighted by Gasteiger charge is 2.15. The molecule has 0 aliphatic rings. The molecule has 4 heteroatoms. The zero-order chi connectivity index (χ0) is 13.9. The summed E-state index contributed by atoms with van der Waals surface area (Å²) in [6, 6.07) is 18.9. The van der Waals surface area contributed by atoms with E-state index in [1.807, 2.05) is 54.6 Å². The van der Waals surface area contributed by atoms with Crippen molar-refractivity contribution in [1.82, 2.24) is 5.16 Å². The van der Waals surface area contributed by atoms with Gasteiger partial charge < -0.3 is 9.63 Å². The zero-order valence-corrected chi connectivity index (χ0v) is 10.5. The molecule has 0 unspecified atom stereocenters. The van der Waals surface area contributed by atoms with Crippen molar-refractivity contribution < 1.29 is 14.4 Å². The third-order valence-corrected chi connectivity index (χ3v) is 3.01. The van der Waals surface area contributed by atoms with Crippen LogP contribution < -0.4 is 0 Å². The van der Waals surface area contributed by atoms with Crippen LogP contribution in [0.1, 0.15) is 10.5 Å². The molecule has 20 heavy (non-hydrogen) atoms. The zero-order valence-electron chi connectivity index (χ0n) is 10.5. The lowest BCUT2D eigenvalue weighted by atomic mass is 9.98. The number of hydrogen-bond donors (Lipinski definition) is 1. The molecule has 0 aliphatic carbocycles. The largest absolute Gasteiger partial charge is 0.476 e. The number of carboxylic acids is 1. The van der Waals surface area contributed by atoms with Gasteiger partial charge in [-0.1, -0.05) is 59.8 Å². The van der Waals surface area contributed by atoms with Crippen molar-refractivity contribution in [3.63, 3.8) is 0 Å². The Hall–Kier alpha value is -2.88. The number of benzene rings is 2. The minimum atomic E-state index is -1.10. The molecule has 4 nitrogen and oxygen atoms in total. The van der Waals surface area contributed by atoms with E-state index < -0.39 is 5.97 Å². The maximum atomic E-state index is 10.9. The Morgan fingerprint density at radius 2 is 1.60 bits per heavy atom. The third-order valence-electron chi connectivity index (χ3n) is 3.01. The summed E-state index contributed by atoms with van der Waals surface area (Å²) in [7, 11) is 0. The predicted molar refractivity (Wildman–Crippen MR) is 74.3 cm³/mol. The molecule has 0 spiro atoms. The fourth-order valence-electron chi connectivity index (χ4n) is 2.07. The quantitative estimate of drug-likeness (QED) is 0.784. The maximum absolute atomic E-state index is 10.9. The van der Waals surface area contributed by atoms with E-state index in [9.17, 15) is 4.79 Å². The van der Waals surface area contributed by atoms with Gasteiger partial charge in [-0.3, -0.25) is 0 Å². The summed E-state index contributed by atoms with van der Waals surface area (Å²) >= 11 is 0. The van der Waals surface area contributed by atoms with Crippen molar-refractivity contribution in [1.29, 1.82) is 0 Å². The first-order valence-electron chi connectivity index (χ1n) is 6.10. The van der Waals surface area contributed by atoms with Gasteiger partial charge in [0.25, 0.3) is 0 Å². The van der Waals surface area contributed by atoms with Crippen LogP contribution in [0.2, 0.25) is 0 Å². The van der Waals surface area contributed by atoms with E-state index in [1.54, 1.807) is 0 Å². The molecule has 1 heterocycles. The Kier molecular flexibility index (Phi) is 3.05. The summed E-state index contributed by atoms with van der Waals surface area (Å²) in [5, 5.41) is 12.5. The Morgan fingerprint density at radius 1 is 0.950 bits per heavy atom. The average Bonchev–Trinajstić information content (AvgIpc) is 2.98. The van der Waals surface area contributed by atoms with Crippen molar-refractivity contribution >= 4 is 5.97 Å². The molecule has 0 saturated carbocycles. The SMILES string of the molecule is O=C(O)c1cc(-c2ccccc2-c2ccccc2)on1. The highest BCUT2D eigenvalue weighted by molar-refractivity contribution is 5.88. The number of aromatic nitrogens is 1. The maximum Gasteiger partial charge on any atom is 0.358 e. The first-order valence-corrected chi connectivity index (χ1v) is 6.10. The molecule has 0 amide bonds. The summed E-state index contributed by atoms with van der Waals surface area (Å²) in [5.41, 5.74) is 2.74. The molecule has 1 aromatic heterocycles. The molecule has 0 fully saturated rings. The molecule has 3 aromatic rings. The Balaban J connectivity index is 2.12. The molecule has 0 aliphatic heterocycles. The minimum absolute atomic E-state index is 0.0946. The van der Waals surface area contributed by atoms with Crippen molar-refractivity contribution in [2.75, 3.05) is 0 Å². The van der Waals surface area contributed by atoms with Gasteiger partial charge >= 0.3 is 5.97 Å². The smallest absolute Gasteiger partial charge is 0.358 e. The van der Waals surface area contributed by atoms with E-state index in [2.05, 4.69) is 5.16 Å². The Morgan fingerprint density at radius 3 is 2.25 bits per heavy atom. The van der Waals surface area contributed by atoms with Gasteiger partial charge in [-0.2, -0.15) is 0 Å². The first-order chi connectivity index (χ1) is 9.75. The van der Waals surface area contributed by atoms with Crippen LogP contribution >= 0.6 is 0 Å². The van der Waals surface area contributed by atoms with Gasteiger partial charge in [-0.25, -0.2) is 4.79 Å². The molecule has 0 saturated heterocycles. The van der Waals surface area contributed by atoms with Gasteiger partial charge in [0.05, 0.1) is 0 Å². The van der Waals surface area contributed by atoms with Crippen molar-refractivity contribution in [3.05, 3.63) is 66.4 Å². The summed E-state index contributed by atoms with van der Waals surface area (Å²) < 4.78 is 5.14. The average molecular weight is 265 g/mol. The highest BCUT2D eigenvalue weighted by atomic mass is 16.5. The van der Waals surface area contributed by atoms with Crippen molar-refractivity contribution in [3.8, 4) is 22.5 Å². The lowest BCUT2D eigenvalue weighted by Crippen LogP contribution is -1.94. The fraction of sp³-hybridized carbons (Fsp3) is 0.